The Balaban J connectivity index is 1.54. The molecule has 1 N–H and O–H groups in total. The standard InChI is InChI=1S/C22H29N5O2S2/c1-4-16(17-6-5-13-30-17)25-20-18-15(2)19(31-21(18)24-14-23-20)22(28)27-9-7-26(8-10-27)11-12-29-3/h5-6,13-14,16H,4,7-12H2,1-3H3,(H,23,24,25)/t16-/m0/s1. The number of hydrogen-bond donors (Lipinski definition) is 1. The highest BCUT2D eigenvalue weighted by Gasteiger charge is 2.27. The SMILES string of the molecule is CC[C@H](Nc1ncnc2sc(C(=O)N3CCN(CCOC)CC3)c(C)c12)c1cccs1. The minimum absolute atomic E-state index is 0.100. The highest BCUT2D eigenvalue weighted by atomic mass is 32.1. The summed E-state index contributed by atoms with van der Waals surface area (Å²) in [6.45, 7) is 9.05. The molecular weight excluding hydrogens is 430 g/mol. The van der Waals surface area contributed by atoms with E-state index in [1.165, 1.54) is 16.2 Å². The predicted octanol–water partition coefficient (Wildman–Crippen LogP) is 4.03. The van der Waals surface area contributed by atoms with Gasteiger partial charge in [-0.3, -0.25) is 9.69 Å². The molecular formula is C22H29N5O2S2. The van der Waals surface area contributed by atoms with Crippen molar-refractivity contribution >= 4 is 44.6 Å². The highest BCUT2D eigenvalue weighted by Crippen LogP contribution is 2.36. The zero-order valence-electron chi connectivity index (χ0n) is 18.3. The predicted molar refractivity (Wildman–Crippen MR) is 127 cm³/mol. The van der Waals surface area contributed by atoms with Crippen molar-refractivity contribution in [1.29, 1.82) is 0 Å². The maximum absolute atomic E-state index is 13.3. The molecule has 4 rings (SSSR count). The van der Waals surface area contributed by atoms with Gasteiger partial charge in [-0.15, -0.1) is 22.7 Å². The van der Waals surface area contributed by atoms with Gasteiger partial charge in [-0.1, -0.05) is 13.0 Å². The first-order valence-corrected chi connectivity index (χ1v) is 12.4. The third kappa shape index (κ3) is 4.74. The van der Waals surface area contributed by atoms with Crippen molar-refractivity contribution < 1.29 is 9.53 Å². The van der Waals surface area contributed by atoms with E-state index in [9.17, 15) is 4.79 Å². The molecule has 1 aliphatic heterocycles. The van der Waals surface area contributed by atoms with Gasteiger partial charge in [-0.2, -0.15) is 0 Å². The monoisotopic (exact) mass is 459 g/mol. The van der Waals surface area contributed by atoms with E-state index >= 15 is 0 Å². The summed E-state index contributed by atoms with van der Waals surface area (Å²) in [5.74, 6) is 0.908. The van der Waals surface area contributed by atoms with Crippen LogP contribution in [0.25, 0.3) is 10.2 Å². The first-order valence-electron chi connectivity index (χ1n) is 10.7. The molecule has 0 unspecified atom stereocenters. The van der Waals surface area contributed by atoms with Gasteiger partial charge in [-0.05, 0) is 30.4 Å². The Morgan fingerprint density at radius 3 is 2.77 bits per heavy atom. The molecule has 1 amide bonds. The van der Waals surface area contributed by atoms with Gasteiger partial charge in [0.1, 0.15) is 17.0 Å². The van der Waals surface area contributed by atoms with Crippen LogP contribution < -0.4 is 5.32 Å². The average Bonchev–Trinajstić information content (AvgIpc) is 3.45. The van der Waals surface area contributed by atoms with Crippen molar-refractivity contribution in [2.45, 2.75) is 26.3 Å². The van der Waals surface area contributed by atoms with Crippen molar-refractivity contribution in [2.75, 3.05) is 51.8 Å². The van der Waals surface area contributed by atoms with Gasteiger partial charge >= 0.3 is 0 Å². The van der Waals surface area contributed by atoms with E-state index < -0.39 is 0 Å². The Hall–Kier alpha value is -2.07. The largest absolute Gasteiger partial charge is 0.383 e. The second-order valence-corrected chi connectivity index (χ2v) is 9.68. The van der Waals surface area contributed by atoms with Crippen LogP contribution in [0.2, 0.25) is 0 Å². The molecule has 1 aliphatic rings. The van der Waals surface area contributed by atoms with Gasteiger partial charge in [0.2, 0.25) is 0 Å². The molecule has 3 aromatic heterocycles. The van der Waals surface area contributed by atoms with Crippen molar-refractivity contribution in [3.63, 3.8) is 0 Å². The number of anilines is 1. The minimum atomic E-state index is 0.100. The number of aryl methyl sites for hydroxylation is 1. The summed E-state index contributed by atoms with van der Waals surface area (Å²) in [5.41, 5.74) is 0.968. The molecule has 166 valence electrons. The number of carbonyl (C=O) groups is 1. The third-order valence-corrected chi connectivity index (χ3v) is 7.97. The Labute approximate surface area is 191 Å². The molecule has 3 aromatic rings. The van der Waals surface area contributed by atoms with Crippen LogP contribution in [-0.4, -0.2) is 72.1 Å². The molecule has 0 aromatic carbocycles. The lowest BCUT2D eigenvalue weighted by Crippen LogP contribution is -2.49. The Morgan fingerprint density at radius 1 is 1.29 bits per heavy atom. The van der Waals surface area contributed by atoms with E-state index in [-0.39, 0.29) is 11.9 Å². The third-order valence-electron chi connectivity index (χ3n) is 5.80. The molecule has 0 spiro atoms. The van der Waals surface area contributed by atoms with Crippen LogP contribution in [0.3, 0.4) is 0 Å². The maximum Gasteiger partial charge on any atom is 0.264 e. The molecule has 0 bridgehead atoms. The van der Waals surface area contributed by atoms with Gasteiger partial charge in [0.15, 0.2) is 0 Å². The number of piperazine rings is 1. The summed E-state index contributed by atoms with van der Waals surface area (Å²) in [5, 5.41) is 6.65. The first-order chi connectivity index (χ1) is 15.1. The summed E-state index contributed by atoms with van der Waals surface area (Å²) < 4.78 is 5.17. The zero-order chi connectivity index (χ0) is 21.8. The van der Waals surface area contributed by atoms with Gasteiger partial charge in [0.05, 0.1) is 22.9 Å². The number of carbonyl (C=O) groups excluding carboxylic acids is 1. The van der Waals surface area contributed by atoms with Crippen LogP contribution in [-0.2, 0) is 4.74 Å². The molecule has 1 atom stereocenters. The number of amides is 1. The molecule has 1 saturated heterocycles. The van der Waals surface area contributed by atoms with Crippen LogP contribution in [0.5, 0.6) is 0 Å². The lowest BCUT2D eigenvalue weighted by Gasteiger charge is -2.34. The number of nitrogens with zero attached hydrogens (tertiary/aromatic N) is 4. The molecule has 9 heteroatoms. The molecule has 31 heavy (non-hydrogen) atoms. The summed E-state index contributed by atoms with van der Waals surface area (Å²) in [6.07, 6.45) is 2.54. The fraction of sp³-hybridized carbons (Fsp3) is 0.500. The molecule has 4 heterocycles. The van der Waals surface area contributed by atoms with Crippen LogP contribution in [0.1, 0.15) is 39.5 Å². The van der Waals surface area contributed by atoms with Gasteiger partial charge in [0.25, 0.3) is 5.91 Å². The van der Waals surface area contributed by atoms with Crippen molar-refractivity contribution in [3.05, 3.63) is 39.2 Å². The topological polar surface area (TPSA) is 70.6 Å². The second kappa shape index (κ2) is 10.0. The van der Waals surface area contributed by atoms with E-state index in [0.29, 0.717) is 0 Å². The zero-order valence-corrected chi connectivity index (χ0v) is 19.9. The Kier molecular flexibility index (Phi) is 7.16. The normalized spacial score (nSPS) is 16.0. The first kappa shape index (κ1) is 22.1. The van der Waals surface area contributed by atoms with Crippen LogP contribution in [0.15, 0.2) is 23.8 Å². The fourth-order valence-corrected chi connectivity index (χ4v) is 5.93. The number of hydrogen-bond acceptors (Lipinski definition) is 8. The van der Waals surface area contributed by atoms with Crippen LogP contribution >= 0.6 is 22.7 Å². The number of ether oxygens (including phenoxy) is 1. The Morgan fingerprint density at radius 2 is 2.10 bits per heavy atom. The lowest BCUT2D eigenvalue weighted by atomic mass is 10.1. The van der Waals surface area contributed by atoms with Crippen molar-refractivity contribution in [2.24, 2.45) is 0 Å². The number of nitrogens with one attached hydrogen (secondary N) is 1. The molecule has 0 radical (unpaired) electrons. The number of rotatable bonds is 8. The second-order valence-electron chi connectivity index (χ2n) is 7.71. The van der Waals surface area contributed by atoms with E-state index in [2.05, 4.69) is 44.6 Å². The van der Waals surface area contributed by atoms with Crippen molar-refractivity contribution in [3.8, 4) is 0 Å². The van der Waals surface area contributed by atoms with E-state index in [1.807, 2.05) is 11.8 Å². The smallest absolute Gasteiger partial charge is 0.264 e. The van der Waals surface area contributed by atoms with Gasteiger partial charge < -0.3 is 15.0 Å². The average molecular weight is 460 g/mol. The summed E-state index contributed by atoms with van der Waals surface area (Å²) >= 11 is 3.22. The summed E-state index contributed by atoms with van der Waals surface area (Å²) in [6, 6.07) is 4.41. The fourth-order valence-electron chi connectivity index (χ4n) is 3.95. The van der Waals surface area contributed by atoms with Crippen molar-refractivity contribution in [1.82, 2.24) is 19.8 Å². The minimum Gasteiger partial charge on any atom is -0.383 e. The van der Waals surface area contributed by atoms with Gasteiger partial charge in [-0.25, -0.2) is 9.97 Å². The number of thiophene rings is 2. The number of methoxy groups -OCH3 is 1. The highest BCUT2D eigenvalue weighted by molar-refractivity contribution is 7.20. The quantitative estimate of drug-likeness (QED) is 0.548. The molecule has 1 fully saturated rings. The van der Waals surface area contributed by atoms with Gasteiger partial charge in [0, 0.05) is 44.7 Å². The van der Waals surface area contributed by atoms with Crippen LogP contribution in [0, 0.1) is 6.92 Å². The molecule has 7 nitrogen and oxygen atoms in total. The number of fused-ring (bicyclic) bond motifs is 1. The lowest BCUT2D eigenvalue weighted by molar-refractivity contribution is 0.0598. The molecule has 0 saturated carbocycles. The van der Waals surface area contributed by atoms with E-state index in [4.69, 9.17) is 4.74 Å². The van der Waals surface area contributed by atoms with E-state index in [1.54, 1.807) is 24.8 Å². The summed E-state index contributed by atoms with van der Waals surface area (Å²) in [7, 11) is 1.72. The Bertz CT molecular complexity index is 1010. The summed E-state index contributed by atoms with van der Waals surface area (Å²) in [4.78, 5) is 29.5. The van der Waals surface area contributed by atoms with Crippen LogP contribution in [0.4, 0.5) is 5.82 Å². The number of aromatic nitrogens is 2. The maximum atomic E-state index is 13.3. The molecule has 0 aliphatic carbocycles. The van der Waals surface area contributed by atoms with E-state index in [0.717, 1.165) is 72.2 Å².